The van der Waals surface area contributed by atoms with Crippen LogP contribution in [0.25, 0.3) is 11.0 Å². The van der Waals surface area contributed by atoms with Gasteiger partial charge in [0.05, 0.1) is 0 Å². The Hall–Kier alpha value is -2.03. The SMILES string of the molecule is Cc1c(C#N)c(=O)oc2cc(OC3CC4CCC(C3)N4)ccc12.Cl. The minimum atomic E-state index is -0.588. The van der Waals surface area contributed by atoms with Gasteiger partial charge in [-0.25, -0.2) is 4.79 Å². The van der Waals surface area contributed by atoms with Crippen LogP contribution in [0.1, 0.15) is 36.8 Å². The molecular formula is C18H19ClN2O3. The Kier molecular flexibility index (Phi) is 4.53. The minimum Gasteiger partial charge on any atom is -0.490 e. The number of piperidine rings is 1. The second-order valence-electron chi connectivity index (χ2n) is 6.51. The fraction of sp³-hybridized carbons (Fsp3) is 0.444. The highest BCUT2D eigenvalue weighted by Gasteiger charge is 2.34. The summed E-state index contributed by atoms with van der Waals surface area (Å²) < 4.78 is 11.4. The number of benzene rings is 1. The smallest absolute Gasteiger partial charge is 0.354 e. The van der Waals surface area contributed by atoms with Crippen LogP contribution in [0.5, 0.6) is 5.75 Å². The molecule has 2 bridgehead atoms. The van der Waals surface area contributed by atoms with Gasteiger partial charge in [0.25, 0.3) is 0 Å². The first kappa shape index (κ1) is 16.8. The van der Waals surface area contributed by atoms with Crippen LogP contribution in [0.3, 0.4) is 0 Å². The summed E-state index contributed by atoms with van der Waals surface area (Å²) in [5.41, 5.74) is 0.613. The zero-order valence-corrected chi connectivity index (χ0v) is 14.2. The molecule has 126 valence electrons. The van der Waals surface area contributed by atoms with Crippen molar-refractivity contribution < 1.29 is 9.15 Å². The van der Waals surface area contributed by atoms with E-state index in [1.165, 1.54) is 12.8 Å². The van der Waals surface area contributed by atoms with Crippen LogP contribution in [0.15, 0.2) is 27.4 Å². The molecule has 2 aromatic rings. The van der Waals surface area contributed by atoms with Crippen molar-refractivity contribution in [2.24, 2.45) is 0 Å². The summed E-state index contributed by atoms with van der Waals surface area (Å²) in [6.07, 6.45) is 4.70. The van der Waals surface area contributed by atoms with Gasteiger partial charge in [-0.05, 0) is 50.3 Å². The third-order valence-corrected chi connectivity index (χ3v) is 4.98. The van der Waals surface area contributed by atoms with Crippen molar-refractivity contribution in [1.82, 2.24) is 5.32 Å². The standard InChI is InChI=1S/C18H18N2O3.ClH/c1-10-15-5-4-13(8-17(15)23-18(21)16(10)9-19)22-14-6-11-2-3-12(7-14)20-11;/h4-5,8,11-12,14,20H,2-3,6-7H2,1H3;1H. The van der Waals surface area contributed by atoms with Gasteiger partial charge in [-0.2, -0.15) is 5.26 Å². The largest absolute Gasteiger partial charge is 0.490 e. The molecule has 2 unspecified atom stereocenters. The molecule has 4 rings (SSSR count). The molecule has 0 radical (unpaired) electrons. The number of ether oxygens (including phenoxy) is 1. The molecule has 0 amide bonds. The van der Waals surface area contributed by atoms with Crippen LogP contribution in [0.4, 0.5) is 0 Å². The summed E-state index contributed by atoms with van der Waals surface area (Å²) in [5, 5.41) is 13.4. The van der Waals surface area contributed by atoms with E-state index in [-0.39, 0.29) is 24.1 Å². The Bertz CT molecular complexity index is 859. The maximum Gasteiger partial charge on any atom is 0.354 e. The van der Waals surface area contributed by atoms with Gasteiger partial charge in [-0.15, -0.1) is 12.4 Å². The monoisotopic (exact) mass is 346 g/mol. The summed E-state index contributed by atoms with van der Waals surface area (Å²) in [7, 11) is 0. The number of nitriles is 1. The van der Waals surface area contributed by atoms with Crippen LogP contribution in [-0.2, 0) is 0 Å². The van der Waals surface area contributed by atoms with E-state index in [9.17, 15) is 4.79 Å². The molecular weight excluding hydrogens is 328 g/mol. The predicted octanol–water partition coefficient (Wildman–Crippen LogP) is 3.06. The fourth-order valence-corrected chi connectivity index (χ4v) is 3.83. The summed E-state index contributed by atoms with van der Waals surface area (Å²) in [6.45, 7) is 1.77. The van der Waals surface area contributed by atoms with Gasteiger partial charge in [-0.1, -0.05) is 0 Å². The highest BCUT2D eigenvalue weighted by atomic mass is 35.5. The van der Waals surface area contributed by atoms with Gasteiger partial charge in [0.1, 0.15) is 29.1 Å². The minimum absolute atomic E-state index is 0. The number of nitrogens with zero attached hydrogens (tertiary/aromatic N) is 1. The summed E-state index contributed by atoms with van der Waals surface area (Å²) >= 11 is 0. The molecule has 1 aromatic heterocycles. The molecule has 1 aromatic carbocycles. The van der Waals surface area contributed by atoms with Crippen LogP contribution < -0.4 is 15.7 Å². The Labute approximate surface area is 146 Å². The van der Waals surface area contributed by atoms with E-state index >= 15 is 0 Å². The number of fused-ring (bicyclic) bond motifs is 3. The Morgan fingerprint density at radius 2 is 2.00 bits per heavy atom. The Morgan fingerprint density at radius 1 is 1.29 bits per heavy atom. The Balaban J connectivity index is 0.00000169. The lowest BCUT2D eigenvalue weighted by molar-refractivity contribution is 0.137. The van der Waals surface area contributed by atoms with Gasteiger partial charge in [0.2, 0.25) is 0 Å². The van der Waals surface area contributed by atoms with E-state index in [2.05, 4.69) is 5.32 Å². The van der Waals surface area contributed by atoms with E-state index in [1.807, 2.05) is 18.2 Å². The highest BCUT2D eigenvalue weighted by molar-refractivity contribution is 5.85. The first-order valence-corrected chi connectivity index (χ1v) is 8.04. The van der Waals surface area contributed by atoms with Crippen molar-refractivity contribution in [3.63, 3.8) is 0 Å². The normalized spacial score (nSPS) is 25.1. The van der Waals surface area contributed by atoms with Crippen molar-refractivity contribution in [1.29, 1.82) is 5.26 Å². The van der Waals surface area contributed by atoms with Gasteiger partial charge < -0.3 is 14.5 Å². The molecule has 2 aliphatic rings. The molecule has 3 heterocycles. The van der Waals surface area contributed by atoms with Gasteiger partial charge in [-0.3, -0.25) is 0 Å². The predicted molar refractivity (Wildman–Crippen MR) is 92.8 cm³/mol. The molecule has 0 saturated carbocycles. The van der Waals surface area contributed by atoms with Crippen LogP contribution in [0, 0.1) is 18.3 Å². The number of nitrogens with one attached hydrogen (secondary N) is 1. The maximum absolute atomic E-state index is 11.8. The van der Waals surface area contributed by atoms with Gasteiger partial charge in [0, 0.05) is 23.5 Å². The van der Waals surface area contributed by atoms with Crippen LogP contribution in [0.2, 0.25) is 0 Å². The van der Waals surface area contributed by atoms with Crippen molar-refractivity contribution in [2.45, 2.75) is 50.8 Å². The van der Waals surface area contributed by atoms with Crippen LogP contribution in [-0.4, -0.2) is 18.2 Å². The number of rotatable bonds is 2. The van der Waals surface area contributed by atoms with E-state index in [1.54, 1.807) is 13.0 Å². The Morgan fingerprint density at radius 3 is 2.67 bits per heavy atom. The van der Waals surface area contributed by atoms with E-state index in [4.69, 9.17) is 14.4 Å². The van der Waals surface area contributed by atoms with Crippen molar-refractivity contribution in [3.8, 4) is 11.8 Å². The molecule has 0 aliphatic carbocycles. The molecule has 2 saturated heterocycles. The van der Waals surface area contributed by atoms with E-state index in [0.717, 1.165) is 24.0 Å². The molecule has 2 atom stereocenters. The second kappa shape index (κ2) is 6.46. The average molecular weight is 347 g/mol. The topological polar surface area (TPSA) is 75.3 Å². The molecule has 6 heteroatoms. The molecule has 1 N–H and O–H groups in total. The maximum atomic E-state index is 11.8. The summed E-state index contributed by atoms with van der Waals surface area (Å²) in [4.78, 5) is 11.8. The lowest BCUT2D eigenvalue weighted by Crippen LogP contribution is -2.42. The zero-order chi connectivity index (χ0) is 16.0. The third kappa shape index (κ3) is 2.88. The van der Waals surface area contributed by atoms with Gasteiger partial charge in [0.15, 0.2) is 0 Å². The average Bonchev–Trinajstić information content (AvgIpc) is 2.86. The van der Waals surface area contributed by atoms with Crippen LogP contribution >= 0.6 is 12.4 Å². The molecule has 5 nitrogen and oxygen atoms in total. The molecule has 24 heavy (non-hydrogen) atoms. The molecule has 2 aliphatic heterocycles. The third-order valence-electron chi connectivity index (χ3n) is 4.98. The van der Waals surface area contributed by atoms with E-state index < -0.39 is 5.63 Å². The van der Waals surface area contributed by atoms with E-state index in [0.29, 0.717) is 23.2 Å². The van der Waals surface area contributed by atoms with Crippen molar-refractivity contribution in [3.05, 3.63) is 39.7 Å². The molecule has 0 spiro atoms. The van der Waals surface area contributed by atoms with Crippen molar-refractivity contribution >= 4 is 23.4 Å². The summed E-state index contributed by atoms with van der Waals surface area (Å²) in [5.74, 6) is 0.719. The number of hydrogen-bond donors (Lipinski definition) is 1. The van der Waals surface area contributed by atoms with Gasteiger partial charge >= 0.3 is 5.63 Å². The first-order valence-electron chi connectivity index (χ1n) is 8.04. The summed E-state index contributed by atoms with van der Waals surface area (Å²) in [6, 6.07) is 8.55. The number of aryl methyl sites for hydroxylation is 1. The second-order valence-corrected chi connectivity index (χ2v) is 6.51. The molecule has 2 fully saturated rings. The fourth-order valence-electron chi connectivity index (χ4n) is 3.83. The quantitative estimate of drug-likeness (QED) is 0.846. The zero-order valence-electron chi connectivity index (χ0n) is 13.4. The highest BCUT2D eigenvalue weighted by Crippen LogP contribution is 2.31. The number of halogens is 1. The number of hydrogen-bond acceptors (Lipinski definition) is 5. The lowest BCUT2D eigenvalue weighted by Gasteiger charge is -2.29. The van der Waals surface area contributed by atoms with Crippen molar-refractivity contribution in [2.75, 3.05) is 0 Å². The lowest BCUT2D eigenvalue weighted by atomic mass is 10.0. The first-order chi connectivity index (χ1) is 11.1.